The van der Waals surface area contributed by atoms with Crippen LogP contribution in [-0.2, 0) is 20.9 Å². The fourth-order valence-electron chi connectivity index (χ4n) is 3.78. The number of ketones is 1. The number of hydrogen-bond donors (Lipinski definition) is 0. The van der Waals surface area contributed by atoms with E-state index in [1.165, 1.54) is 10.5 Å². The number of pyridine rings is 1. The molecule has 9 nitrogen and oxygen atoms in total. The van der Waals surface area contributed by atoms with Crippen LogP contribution in [0.5, 0.6) is 0 Å². The molecule has 0 N–H and O–H groups in total. The molecule has 2 aromatic heterocycles. The van der Waals surface area contributed by atoms with Gasteiger partial charge in [0.2, 0.25) is 6.54 Å². The van der Waals surface area contributed by atoms with E-state index in [-0.39, 0.29) is 43.3 Å². The van der Waals surface area contributed by atoms with E-state index in [9.17, 15) is 24.5 Å². The predicted octanol–water partition coefficient (Wildman–Crippen LogP) is 1.55. The number of ether oxygens (including phenoxy) is 1. The summed E-state index contributed by atoms with van der Waals surface area (Å²) in [6.45, 7) is 3.06. The topological polar surface area (TPSA) is 121 Å². The van der Waals surface area contributed by atoms with Gasteiger partial charge >= 0.3 is 5.97 Å². The molecule has 3 rings (SSSR count). The Morgan fingerprint density at radius 3 is 2.89 bits per heavy atom. The first-order chi connectivity index (χ1) is 13.3. The van der Waals surface area contributed by atoms with Crippen molar-refractivity contribution in [2.45, 2.75) is 33.3 Å². The molecule has 1 fully saturated rings. The van der Waals surface area contributed by atoms with E-state index in [0.29, 0.717) is 11.3 Å². The number of aromatic nitrogens is 2. The van der Waals surface area contributed by atoms with Crippen LogP contribution in [0.4, 0.5) is 0 Å². The quantitative estimate of drug-likeness (QED) is 0.419. The molecular weight excluding hydrogens is 366 g/mol. The Morgan fingerprint density at radius 2 is 2.18 bits per heavy atom. The van der Waals surface area contributed by atoms with Crippen molar-refractivity contribution in [1.29, 1.82) is 0 Å². The van der Waals surface area contributed by atoms with Crippen molar-refractivity contribution < 1.29 is 19.2 Å². The molecule has 0 amide bonds. The lowest BCUT2D eigenvalue weighted by molar-refractivity contribution is -0.490. The molecule has 0 bridgehead atoms. The van der Waals surface area contributed by atoms with Gasteiger partial charge in [-0.05, 0) is 24.5 Å². The largest absolute Gasteiger partial charge is 0.459 e. The van der Waals surface area contributed by atoms with Crippen LogP contribution in [0.1, 0.15) is 31.0 Å². The zero-order valence-corrected chi connectivity index (χ0v) is 15.7. The second-order valence-corrected chi connectivity index (χ2v) is 7.27. The van der Waals surface area contributed by atoms with Crippen molar-refractivity contribution in [1.82, 2.24) is 9.38 Å². The van der Waals surface area contributed by atoms with Gasteiger partial charge in [0, 0.05) is 35.4 Å². The minimum Gasteiger partial charge on any atom is -0.459 e. The second-order valence-electron chi connectivity index (χ2n) is 7.27. The molecule has 2 aromatic rings. The lowest BCUT2D eigenvalue weighted by atomic mass is 9.88. The number of esters is 1. The van der Waals surface area contributed by atoms with Crippen LogP contribution in [0.25, 0.3) is 5.65 Å². The van der Waals surface area contributed by atoms with Gasteiger partial charge in [-0.25, -0.2) is 4.98 Å². The fraction of sp³-hybridized carbons (Fsp3) is 0.474. The molecule has 9 heteroatoms. The lowest BCUT2D eigenvalue weighted by Crippen LogP contribution is -2.27. The number of nitrogens with zero attached hydrogens (tertiary/aromatic N) is 3. The van der Waals surface area contributed by atoms with E-state index in [0.717, 1.165) is 5.56 Å². The van der Waals surface area contributed by atoms with Crippen LogP contribution in [0.15, 0.2) is 29.2 Å². The van der Waals surface area contributed by atoms with Crippen LogP contribution >= 0.6 is 0 Å². The third-order valence-corrected chi connectivity index (χ3v) is 5.25. The number of nitro groups is 1. The maximum absolute atomic E-state index is 12.2. The molecule has 1 saturated carbocycles. The van der Waals surface area contributed by atoms with E-state index in [4.69, 9.17) is 4.74 Å². The highest BCUT2D eigenvalue weighted by atomic mass is 16.6. The Labute approximate surface area is 160 Å². The molecule has 0 radical (unpaired) electrons. The van der Waals surface area contributed by atoms with Gasteiger partial charge in [0.05, 0.1) is 12.1 Å². The molecule has 0 spiro atoms. The summed E-state index contributed by atoms with van der Waals surface area (Å²) in [5.41, 5.74) is 1.30. The standard InChI is InChI=1S/C19H21N3O6/c1-11-4-3-5-21-17(24)7-13(20-19(11)21)10-28-18(25)8-14-15(9-22(26)27)12(2)6-16(14)23/h3-5,7,12,14-15H,6,8-10H2,1-2H3/t12-,14+,15-/m1/s1. The summed E-state index contributed by atoms with van der Waals surface area (Å²) in [4.78, 5) is 51.3. The Kier molecular flexibility index (Phi) is 5.53. The number of Topliss-reactive ketones (excluding diaryl/α,β-unsaturated/α-hetero) is 1. The zero-order valence-electron chi connectivity index (χ0n) is 15.7. The molecular formula is C19H21N3O6. The van der Waals surface area contributed by atoms with Gasteiger partial charge in [0.25, 0.3) is 5.56 Å². The molecule has 28 heavy (non-hydrogen) atoms. The summed E-state index contributed by atoms with van der Waals surface area (Å²) >= 11 is 0. The number of carbonyl (C=O) groups is 2. The molecule has 0 aliphatic heterocycles. The fourth-order valence-corrected chi connectivity index (χ4v) is 3.78. The van der Waals surface area contributed by atoms with E-state index >= 15 is 0 Å². The molecule has 148 valence electrons. The van der Waals surface area contributed by atoms with E-state index in [1.807, 2.05) is 13.0 Å². The Bertz CT molecular complexity index is 999. The number of hydrogen-bond acceptors (Lipinski definition) is 7. The van der Waals surface area contributed by atoms with Crippen LogP contribution < -0.4 is 5.56 Å². The number of rotatable bonds is 6. The predicted molar refractivity (Wildman–Crippen MR) is 98.2 cm³/mol. The highest BCUT2D eigenvalue weighted by molar-refractivity contribution is 5.87. The molecule has 1 aliphatic rings. The monoisotopic (exact) mass is 387 g/mol. The number of fused-ring (bicyclic) bond motifs is 1. The normalized spacial score (nSPS) is 21.8. The van der Waals surface area contributed by atoms with Crippen LogP contribution in [0.2, 0.25) is 0 Å². The highest BCUT2D eigenvalue weighted by Crippen LogP contribution is 2.36. The van der Waals surface area contributed by atoms with Gasteiger partial charge in [-0.2, -0.15) is 0 Å². The van der Waals surface area contributed by atoms with Crippen molar-refractivity contribution in [3.8, 4) is 0 Å². The number of aryl methyl sites for hydroxylation is 1. The van der Waals surface area contributed by atoms with Crippen LogP contribution in [0, 0.1) is 34.8 Å². The molecule has 0 aromatic carbocycles. The summed E-state index contributed by atoms with van der Waals surface area (Å²) in [6.07, 6.45) is 1.64. The van der Waals surface area contributed by atoms with Gasteiger partial charge in [-0.15, -0.1) is 0 Å². The minimum absolute atomic E-state index is 0.138. The van der Waals surface area contributed by atoms with Crippen molar-refractivity contribution in [3.05, 3.63) is 56.1 Å². The third kappa shape index (κ3) is 4.08. The first-order valence-electron chi connectivity index (χ1n) is 9.04. The summed E-state index contributed by atoms with van der Waals surface area (Å²) in [7, 11) is 0. The van der Waals surface area contributed by atoms with Crippen molar-refractivity contribution in [3.63, 3.8) is 0 Å². The number of carbonyl (C=O) groups excluding carboxylic acids is 2. The lowest BCUT2D eigenvalue weighted by Gasteiger charge is -2.17. The van der Waals surface area contributed by atoms with Crippen molar-refractivity contribution >= 4 is 17.4 Å². The van der Waals surface area contributed by atoms with Gasteiger partial charge < -0.3 is 4.74 Å². The van der Waals surface area contributed by atoms with E-state index < -0.39 is 22.7 Å². The Hall–Kier alpha value is -3.10. The highest BCUT2D eigenvalue weighted by Gasteiger charge is 2.44. The molecule has 0 saturated heterocycles. The second kappa shape index (κ2) is 7.87. The van der Waals surface area contributed by atoms with E-state index in [2.05, 4.69) is 4.98 Å². The average Bonchev–Trinajstić information content (AvgIpc) is 2.87. The van der Waals surface area contributed by atoms with E-state index in [1.54, 1.807) is 19.2 Å². The smallest absolute Gasteiger partial charge is 0.306 e. The first kappa shape index (κ1) is 19.7. The summed E-state index contributed by atoms with van der Waals surface area (Å²) in [5, 5.41) is 10.9. The van der Waals surface area contributed by atoms with Gasteiger partial charge in [-0.3, -0.25) is 28.9 Å². The maximum atomic E-state index is 12.2. The summed E-state index contributed by atoms with van der Waals surface area (Å²) in [5.74, 6) is -2.09. The molecule has 2 heterocycles. The Balaban J connectivity index is 1.68. The van der Waals surface area contributed by atoms with Gasteiger partial charge in [0.1, 0.15) is 18.0 Å². The molecule has 0 unspecified atom stereocenters. The maximum Gasteiger partial charge on any atom is 0.306 e. The van der Waals surface area contributed by atoms with Crippen molar-refractivity contribution in [2.24, 2.45) is 17.8 Å². The van der Waals surface area contributed by atoms with Crippen LogP contribution in [-0.4, -0.2) is 32.6 Å². The molecule has 1 aliphatic carbocycles. The van der Waals surface area contributed by atoms with Gasteiger partial charge in [0.15, 0.2) is 0 Å². The summed E-state index contributed by atoms with van der Waals surface area (Å²) < 4.78 is 6.60. The van der Waals surface area contributed by atoms with Crippen LogP contribution in [0.3, 0.4) is 0 Å². The van der Waals surface area contributed by atoms with Gasteiger partial charge in [-0.1, -0.05) is 13.0 Å². The SMILES string of the molecule is Cc1cccn2c(=O)cc(COC(=O)C[C@@H]3C(=O)C[C@@H](C)[C@H]3C[N+](=O)[O-])nc12. The Morgan fingerprint density at radius 1 is 1.43 bits per heavy atom. The average molecular weight is 387 g/mol. The zero-order chi connectivity index (χ0) is 20.4. The first-order valence-corrected chi connectivity index (χ1v) is 9.04. The third-order valence-electron chi connectivity index (χ3n) is 5.25. The van der Waals surface area contributed by atoms with Crippen molar-refractivity contribution in [2.75, 3.05) is 6.54 Å². The minimum atomic E-state index is -0.703. The summed E-state index contributed by atoms with van der Waals surface area (Å²) in [6, 6.07) is 4.85. The molecule has 3 atom stereocenters.